The van der Waals surface area contributed by atoms with Crippen molar-refractivity contribution in [2.75, 3.05) is 0 Å². The number of hydrogen-bond acceptors (Lipinski definition) is 0. The number of rotatable bonds is 6. The van der Waals surface area contributed by atoms with E-state index in [0.717, 1.165) is 29.6 Å². The molecule has 1 saturated carbocycles. The van der Waals surface area contributed by atoms with Crippen molar-refractivity contribution in [2.45, 2.75) is 66.7 Å². The zero-order valence-corrected chi connectivity index (χ0v) is 11.4. The van der Waals surface area contributed by atoms with Gasteiger partial charge in [0.25, 0.3) is 0 Å². The molecular formula is C15H30. The van der Waals surface area contributed by atoms with E-state index in [4.69, 9.17) is 0 Å². The van der Waals surface area contributed by atoms with E-state index < -0.39 is 0 Å². The molecule has 4 unspecified atom stereocenters. The van der Waals surface area contributed by atoms with Crippen molar-refractivity contribution < 1.29 is 0 Å². The highest BCUT2D eigenvalue weighted by Crippen LogP contribution is 2.45. The van der Waals surface area contributed by atoms with Crippen LogP contribution in [0.1, 0.15) is 66.7 Å². The zero-order valence-electron chi connectivity index (χ0n) is 11.4. The summed E-state index contributed by atoms with van der Waals surface area (Å²) in [5.41, 5.74) is 0. The van der Waals surface area contributed by atoms with Gasteiger partial charge in [-0.15, -0.1) is 0 Å². The van der Waals surface area contributed by atoms with Gasteiger partial charge in [-0.25, -0.2) is 0 Å². The molecule has 0 N–H and O–H groups in total. The second-order valence-corrected chi connectivity index (χ2v) is 6.03. The first kappa shape index (κ1) is 13.1. The lowest BCUT2D eigenvalue weighted by atomic mass is 9.62. The fraction of sp³-hybridized carbons (Fsp3) is 1.00. The van der Waals surface area contributed by atoms with Crippen molar-refractivity contribution in [3.8, 4) is 0 Å². The van der Waals surface area contributed by atoms with Gasteiger partial charge in [-0.3, -0.25) is 0 Å². The van der Waals surface area contributed by atoms with Crippen molar-refractivity contribution >= 4 is 0 Å². The molecule has 0 aromatic heterocycles. The van der Waals surface area contributed by atoms with E-state index in [1.54, 1.807) is 0 Å². The lowest BCUT2D eigenvalue weighted by molar-refractivity contribution is 0.0660. The van der Waals surface area contributed by atoms with Crippen LogP contribution in [0, 0.1) is 29.6 Å². The Morgan fingerprint density at radius 1 is 1.20 bits per heavy atom. The Bertz CT molecular complexity index is 171. The smallest absolute Gasteiger partial charge is 0.0362 e. The van der Waals surface area contributed by atoms with Crippen LogP contribution in [0.3, 0.4) is 0 Å². The maximum absolute atomic E-state index is 2.43. The largest absolute Gasteiger partial charge is 0.0651 e. The molecular weight excluding hydrogens is 180 g/mol. The molecule has 1 aliphatic carbocycles. The minimum Gasteiger partial charge on any atom is -0.0651 e. The third-order valence-electron chi connectivity index (χ3n) is 4.86. The van der Waals surface area contributed by atoms with Gasteiger partial charge in [0.05, 0.1) is 0 Å². The van der Waals surface area contributed by atoms with Crippen molar-refractivity contribution in [3.05, 3.63) is 0 Å². The maximum Gasteiger partial charge on any atom is -0.0362 e. The summed E-state index contributed by atoms with van der Waals surface area (Å²) in [6.07, 6.45) is 7.26. The molecule has 4 atom stereocenters. The molecule has 0 radical (unpaired) electrons. The Kier molecular flexibility index (Phi) is 5.15. The van der Waals surface area contributed by atoms with Crippen molar-refractivity contribution in [1.82, 2.24) is 0 Å². The van der Waals surface area contributed by atoms with Crippen molar-refractivity contribution in [1.29, 1.82) is 0 Å². The van der Waals surface area contributed by atoms with E-state index in [1.165, 1.54) is 32.1 Å². The van der Waals surface area contributed by atoms with E-state index in [-0.39, 0.29) is 0 Å². The molecule has 1 rings (SSSR count). The van der Waals surface area contributed by atoms with E-state index in [1.807, 2.05) is 0 Å². The maximum atomic E-state index is 2.43. The highest BCUT2D eigenvalue weighted by Gasteiger charge is 2.36. The third-order valence-corrected chi connectivity index (χ3v) is 4.86. The molecule has 0 heteroatoms. The molecule has 0 aromatic rings. The van der Waals surface area contributed by atoms with Crippen LogP contribution in [-0.2, 0) is 0 Å². The first-order valence-electron chi connectivity index (χ1n) is 7.10. The molecule has 15 heavy (non-hydrogen) atoms. The van der Waals surface area contributed by atoms with Crippen molar-refractivity contribution in [3.63, 3.8) is 0 Å². The summed E-state index contributed by atoms with van der Waals surface area (Å²) in [6, 6.07) is 0. The Labute approximate surface area is 96.8 Å². The molecule has 0 spiro atoms. The predicted molar refractivity (Wildman–Crippen MR) is 68.9 cm³/mol. The quantitative estimate of drug-likeness (QED) is 0.570. The van der Waals surface area contributed by atoms with E-state index in [0.29, 0.717) is 0 Å². The lowest BCUT2D eigenvalue weighted by Crippen LogP contribution is -2.34. The average molecular weight is 210 g/mol. The van der Waals surface area contributed by atoms with Crippen LogP contribution < -0.4 is 0 Å². The number of hydrogen-bond donors (Lipinski definition) is 0. The Morgan fingerprint density at radius 3 is 2.27 bits per heavy atom. The van der Waals surface area contributed by atoms with Crippen LogP contribution in [0.25, 0.3) is 0 Å². The summed E-state index contributed by atoms with van der Waals surface area (Å²) in [4.78, 5) is 0. The summed E-state index contributed by atoms with van der Waals surface area (Å²) < 4.78 is 0. The highest BCUT2D eigenvalue weighted by molar-refractivity contribution is 4.86. The Morgan fingerprint density at radius 2 is 1.87 bits per heavy atom. The summed E-state index contributed by atoms with van der Waals surface area (Å²) in [6.45, 7) is 11.9. The van der Waals surface area contributed by atoms with Gasteiger partial charge < -0.3 is 0 Å². The van der Waals surface area contributed by atoms with Crippen LogP contribution >= 0.6 is 0 Å². The molecule has 0 heterocycles. The zero-order chi connectivity index (χ0) is 11.4. The lowest BCUT2D eigenvalue weighted by Gasteiger charge is -2.43. The van der Waals surface area contributed by atoms with Gasteiger partial charge in [0.2, 0.25) is 0 Å². The monoisotopic (exact) mass is 210 g/mol. The first-order chi connectivity index (χ1) is 7.10. The second-order valence-electron chi connectivity index (χ2n) is 6.03. The van der Waals surface area contributed by atoms with E-state index >= 15 is 0 Å². The van der Waals surface area contributed by atoms with Crippen molar-refractivity contribution in [2.24, 2.45) is 29.6 Å². The van der Waals surface area contributed by atoms with Gasteiger partial charge in [0.15, 0.2) is 0 Å². The normalized spacial score (nSPS) is 32.8. The molecule has 0 bridgehead atoms. The Balaban J connectivity index is 2.25. The van der Waals surface area contributed by atoms with Gasteiger partial charge in [-0.05, 0) is 48.9 Å². The molecule has 0 amide bonds. The Hall–Kier alpha value is 0. The van der Waals surface area contributed by atoms with Crippen LogP contribution in [0.4, 0.5) is 0 Å². The average Bonchev–Trinajstić information content (AvgIpc) is 2.17. The van der Waals surface area contributed by atoms with Gasteiger partial charge in [-0.2, -0.15) is 0 Å². The van der Waals surface area contributed by atoms with E-state index in [2.05, 4.69) is 34.6 Å². The van der Waals surface area contributed by atoms with Crippen LogP contribution in [0.2, 0.25) is 0 Å². The molecule has 0 saturated heterocycles. The summed E-state index contributed by atoms with van der Waals surface area (Å²) >= 11 is 0. The molecule has 0 nitrogen and oxygen atoms in total. The SMILES string of the molecule is CCC(CCC1CC(C)C1CC)C(C)C. The van der Waals surface area contributed by atoms with Gasteiger partial charge in [0, 0.05) is 0 Å². The van der Waals surface area contributed by atoms with Crippen LogP contribution in [-0.4, -0.2) is 0 Å². The summed E-state index contributed by atoms with van der Waals surface area (Å²) in [5.74, 6) is 4.98. The molecule has 0 aromatic carbocycles. The molecule has 1 fully saturated rings. The minimum atomic E-state index is 0.882. The molecule has 0 aliphatic heterocycles. The summed E-state index contributed by atoms with van der Waals surface area (Å²) in [7, 11) is 0. The fourth-order valence-corrected chi connectivity index (χ4v) is 3.60. The molecule has 1 aliphatic rings. The standard InChI is InChI=1S/C15H30/c1-6-13(11(3)4)8-9-14-10-12(5)15(14)7-2/h11-15H,6-10H2,1-5H3. The van der Waals surface area contributed by atoms with Gasteiger partial charge in [-0.1, -0.05) is 47.5 Å². The minimum absolute atomic E-state index is 0.882. The second kappa shape index (κ2) is 5.92. The summed E-state index contributed by atoms with van der Waals surface area (Å²) in [5, 5.41) is 0. The first-order valence-corrected chi connectivity index (χ1v) is 7.10. The van der Waals surface area contributed by atoms with Gasteiger partial charge >= 0.3 is 0 Å². The van der Waals surface area contributed by atoms with Crippen LogP contribution in [0.5, 0.6) is 0 Å². The fourth-order valence-electron chi connectivity index (χ4n) is 3.60. The highest BCUT2D eigenvalue weighted by atomic mass is 14.4. The predicted octanol–water partition coefficient (Wildman–Crippen LogP) is 5.13. The van der Waals surface area contributed by atoms with E-state index in [9.17, 15) is 0 Å². The van der Waals surface area contributed by atoms with Crippen LogP contribution in [0.15, 0.2) is 0 Å². The van der Waals surface area contributed by atoms with Gasteiger partial charge in [0.1, 0.15) is 0 Å². The third kappa shape index (κ3) is 3.23. The molecule has 90 valence electrons. The topological polar surface area (TPSA) is 0 Å².